The summed E-state index contributed by atoms with van der Waals surface area (Å²) in [5.74, 6) is 0.442. The van der Waals surface area contributed by atoms with Crippen molar-refractivity contribution >= 4 is 50.6 Å². The van der Waals surface area contributed by atoms with Crippen LogP contribution in [0.4, 0.5) is 5.69 Å². The maximum absolute atomic E-state index is 13.0. The molecule has 4 rings (SSSR count). The van der Waals surface area contributed by atoms with Crippen molar-refractivity contribution in [2.75, 3.05) is 0 Å². The number of non-ortho nitro benzene ring substituents is 1. The summed E-state index contributed by atoms with van der Waals surface area (Å²) in [4.78, 5) is 28.2. The molecule has 4 aromatic rings. The Kier molecular flexibility index (Phi) is 5.17. The molecular weight excluding hydrogens is 418 g/mol. The zero-order valence-electron chi connectivity index (χ0n) is 14.2. The number of thiophene rings is 1. The molecule has 2 aromatic carbocycles. The summed E-state index contributed by atoms with van der Waals surface area (Å²) in [5.41, 5.74) is 1.97. The minimum absolute atomic E-state index is 0.0365. The molecule has 6 nitrogen and oxygen atoms in total. The van der Waals surface area contributed by atoms with E-state index in [0.717, 1.165) is 5.56 Å². The Morgan fingerprint density at radius 3 is 2.71 bits per heavy atom. The zero-order valence-corrected chi connectivity index (χ0v) is 16.6. The van der Waals surface area contributed by atoms with Crippen LogP contribution in [0.2, 0.25) is 5.02 Å². The van der Waals surface area contributed by atoms with Crippen LogP contribution < -0.4 is 5.56 Å². The SMILES string of the molecule is O=c1c2sccc2nc(SCc2cccc([N+](=O)[O-])c2)n1-c1ccc(Cl)cc1. The molecule has 140 valence electrons. The number of hydrogen-bond acceptors (Lipinski definition) is 6. The lowest BCUT2D eigenvalue weighted by Crippen LogP contribution is -2.20. The molecule has 0 unspecified atom stereocenters. The van der Waals surface area contributed by atoms with Gasteiger partial charge in [0.25, 0.3) is 11.2 Å². The maximum atomic E-state index is 13.0. The lowest BCUT2D eigenvalue weighted by molar-refractivity contribution is -0.384. The van der Waals surface area contributed by atoms with Crippen LogP contribution in [0.3, 0.4) is 0 Å². The van der Waals surface area contributed by atoms with Gasteiger partial charge < -0.3 is 0 Å². The number of thioether (sulfide) groups is 1. The van der Waals surface area contributed by atoms with Crippen molar-refractivity contribution in [3.05, 3.63) is 91.0 Å². The smallest absolute Gasteiger partial charge is 0.267 e. The Morgan fingerprint density at radius 2 is 1.96 bits per heavy atom. The number of nitro groups is 1. The molecule has 0 fully saturated rings. The van der Waals surface area contributed by atoms with Crippen LogP contribution in [-0.4, -0.2) is 14.5 Å². The van der Waals surface area contributed by atoms with Crippen molar-refractivity contribution in [3.8, 4) is 5.69 Å². The first-order chi connectivity index (χ1) is 13.5. The second-order valence-corrected chi connectivity index (χ2v) is 8.16. The highest BCUT2D eigenvalue weighted by Crippen LogP contribution is 2.27. The topological polar surface area (TPSA) is 78.0 Å². The summed E-state index contributed by atoms with van der Waals surface area (Å²) in [6.45, 7) is 0. The second-order valence-electron chi connectivity index (χ2n) is 5.86. The fraction of sp³-hybridized carbons (Fsp3) is 0.0526. The molecular formula is C19H12ClN3O3S2. The van der Waals surface area contributed by atoms with Crippen LogP contribution in [0.25, 0.3) is 15.9 Å². The number of halogens is 1. The number of nitro benzene ring substituents is 1. The molecule has 9 heteroatoms. The molecule has 2 heterocycles. The minimum atomic E-state index is -0.423. The molecule has 0 amide bonds. The Balaban J connectivity index is 1.76. The number of fused-ring (bicyclic) bond motifs is 1. The summed E-state index contributed by atoms with van der Waals surface area (Å²) in [6.07, 6.45) is 0. The van der Waals surface area contributed by atoms with Crippen LogP contribution in [0.15, 0.2) is 69.9 Å². The van der Waals surface area contributed by atoms with Crippen molar-refractivity contribution < 1.29 is 4.92 Å². The van der Waals surface area contributed by atoms with Crippen molar-refractivity contribution in [1.82, 2.24) is 9.55 Å². The standard InChI is InChI=1S/C19H12ClN3O3S2/c20-13-4-6-14(7-5-13)22-18(24)17-16(8-9-27-17)21-19(22)28-11-12-2-1-3-15(10-12)23(25)26/h1-10H,11H2. The van der Waals surface area contributed by atoms with Crippen LogP contribution in [0.1, 0.15) is 5.56 Å². The summed E-state index contributed by atoms with van der Waals surface area (Å²) >= 11 is 8.68. The third-order valence-corrected chi connectivity index (χ3v) is 6.18. The molecule has 2 aromatic heterocycles. The van der Waals surface area contributed by atoms with Gasteiger partial charge >= 0.3 is 0 Å². The minimum Gasteiger partial charge on any atom is -0.267 e. The summed E-state index contributed by atoms with van der Waals surface area (Å²) < 4.78 is 2.13. The largest absolute Gasteiger partial charge is 0.276 e. The number of rotatable bonds is 5. The predicted octanol–water partition coefficient (Wildman–Crippen LogP) is 5.30. The Hall–Kier alpha value is -2.68. The Bertz CT molecular complexity index is 1240. The first-order valence-corrected chi connectivity index (χ1v) is 10.4. The number of benzene rings is 2. The van der Waals surface area contributed by atoms with Gasteiger partial charge in [0, 0.05) is 22.9 Å². The molecule has 0 spiro atoms. The van der Waals surface area contributed by atoms with Crippen LogP contribution in [-0.2, 0) is 5.75 Å². The zero-order chi connectivity index (χ0) is 19.7. The van der Waals surface area contributed by atoms with E-state index in [4.69, 9.17) is 11.6 Å². The predicted molar refractivity (Wildman–Crippen MR) is 113 cm³/mol. The first kappa shape index (κ1) is 18.7. The van der Waals surface area contributed by atoms with E-state index >= 15 is 0 Å². The fourth-order valence-electron chi connectivity index (χ4n) is 2.71. The molecule has 0 bridgehead atoms. The molecule has 0 radical (unpaired) electrons. The van der Waals surface area contributed by atoms with Crippen LogP contribution in [0.5, 0.6) is 0 Å². The molecule has 0 aliphatic heterocycles. The van der Waals surface area contributed by atoms with Gasteiger partial charge in [-0.1, -0.05) is 35.5 Å². The second kappa shape index (κ2) is 7.75. The molecule has 0 aliphatic rings. The van der Waals surface area contributed by atoms with Gasteiger partial charge in [0.1, 0.15) is 4.70 Å². The van der Waals surface area contributed by atoms with E-state index in [1.807, 2.05) is 17.5 Å². The van der Waals surface area contributed by atoms with Crippen molar-refractivity contribution in [1.29, 1.82) is 0 Å². The van der Waals surface area contributed by atoms with E-state index in [-0.39, 0.29) is 11.2 Å². The van der Waals surface area contributed by atoms with Crippen molar-refractivity contribution in [2.45, 2.75) is 10.9 Å². The van der Waals surface area contributed by atoms with E-state index in [1.165, 1.54) is 35.2 Å². The third-order valence-electron chi connectivity index (χ3n) is 4.02. The van der Waals surface area contributed by atoms with Gasteiger partial charge in [0.15, 0.2) is 5.16 Å². The van der Waals surface area contributed by atoms with Crippen molar-refractivity contribution in [2.24, 2.45) is 0 Å². The molecule has 0 saturated heterocycles. The van der Waals surface area contributed by atoms with E-state index < -0.39 is 4.92 Å². The fourth-order valence-corrected chi connectivity index (χ4v) is 4.56. The van der Waals surface area contributed by atoms with Gasteiger partial charge in [0.2, 0.25) is 0 Å². The highest BCUT2D eigenvalue weighted by molar-refractivity contribution is 7.98. The molecule has 0 aliphatic carbocycles. The van der Waals surface area contributed by atoms with E-state index in [2.05, 4.69) is 4.98 Å². The number of aromatic nitrogens is 2. The van der Waals surface area contributed by atoms with E-state index in [0.29, 0.717) is 31.8 Å². The van der Waals surface area contributed by atoms with Crippen molar-refractivity contribution in [3.63, 3.8) is 0 Å². The highest BCUT2D eigenvalue weighted by Gasteiger charge is 2.15. The quantitative estimate of drug-likeness (QED) is 0.186. The Labute approximate surface area is 172 Å². The third kappa shape index (κ3) is 3.66. The van der Waals surface area contributed by atoms with E-state index in [1.54, 1.807) is 34.9 Å². The maximum Gasteiger partial charge on any atom is 0.276 e. The average molecular weight is 430 g/mol. The molecule has 28 heavy (non-hydrogen) atoms. The van der Waals surface area contributed by atoms with Gasteiger partial charge in [-0.3, -0.25) is 19.5 Å². The number of hydrogen-bond donors (Lipinski definition) is 0. The van der Waals surface area contributed by atoms with E-state index in [9.17, 15) is 14.9 Å². The monoisotopic (exact) mass is 429 g/mol. The Morgan fingerprint density at radius 1 is 1.18 bits per heavy atom. The van der Waals surface area contributed by atoms with Crippen LogP contribution >= 0.6 is 34.7 Å². The number of nitrogens with zero attached hydrogens (tertiary/aromatic N) is 3. The summed E-state index contributed by atoms with van der Waals surface area (Å²) in [7, 11) is 0. The highest BCUT2D eigenvalue weighted by atomic mass is 35.5. The molecule has 0 N–H and O–H groups in total. The normalized spacial score (nSPS) is 11.0. The lowest BCUT2D eigenvalue weighted by atomic mass is 10.2. The average Bonchev–Trinajstić information content (AvgIpc) is 3.17. The van der Waals surface area contributed by atoms with Gasteiger partial charge in [-0.15, -0.1) is 11.3 Å². The summed E-state index contributed by atoms with van der Waals surface area (Å²) in [5, 5.41) is 13.9. The van der Waals surface area contributed by atoms with Gasteiger partial charge in [-0.25, -0.2) is 4.98 Å². The van der Waals surface area contributed by atoms with Crippen LogP contribution in [0, 0.1) is 10.1 Å². The molecule has 0 atom stereocenters. The van der Waals surface area contributed by atoms with Gasteiger partial charge in [-0.05, 0) is 41.3 Å². The van der Waals surface area contributed by atoms with Gasteiger partial charge in [0.05, 0.1) is 16.1 Å². The lowest BCUT2D eigenvalue weighted by Gasteiger charge is -2.12. The summed E-state index contributed by atoms with van der Waals surface area (Å²) in [6, 6.07) is 15.2. The van der Waals surface area contributed by atoms with Gasteiger partial charge in [-0.2, -0.15) is 0 Å². The molecule has 0 saturated carbocycles. The first-order valence-electron chi connectivity index (χ1n) is 8.15.